The van der Waals surface area contributed by atoms with E-state index in [0.717, 1.165) is 32.1 Å². The Morgan fingerprint density at radius 1 is 0.578 bits per heavy atom. The molecule has 0 aliphatic carbocycles. The van der Waals surface area contributed by atoms with Gasteiger partial charge in [0.15, 0.2) is 6.10 Å². The number of rotatable bonds is 35. The highest BCUT2D eigenvalue weighted by molar-refractivity contribution is 7.47. The second-order valence-electron chi connectivity index (χ2n) is 12.5. The summed E-state index contributed by atoms with van der Waals surface area (Å²) in [5.74, 6) is -0.824. The minimum Gasteiger partial charge on any atom is -0.462 e. The molecule has 9 nitrogen and oxygen atoms in total. The highest BCUT2D eigenvalue weighted by atomic mass is 31.2. The number of phosphoric acid groups is 1. The normalized spacial score (nSPS) is 13.4. The van der Waals surface area contributed by atoms with Gasteiger partial charge in [0.1, 0.15) is 6.61 Å². The maximum absolute atomic E-state index is 12.5. The average molecular weight is 664 g/mol. The smallest absolute Gasteiger partial charge is 0.462 e. The van der Waals surface area contributed by atoms with E-state index < -0.39 is 26.5 Å². The van der Waals surface area contributed by atoms with Crippen LogP contribution < -0.4 is 5.73 Å². The first kappa shape index (κ1) is 44.0. The molecule has 2 atom stereocenters. The second-order valence-corrected chi connectivity index (χ2v) is 13.9. The largest absolute Gasteiger partial charge is 0.472 e. The van der Waals surface area contributed by atoms with E-state index in [1.807, 2.05) is 0 Å². The molecule has 45 heavy (non-hydrogen) atoms. The fourth-order valence-electron chi connectivity index (χ4n) is 5.22. The molecule has 0 heterocycles. The van der Waals surface area contributed by atoms with Crippen molar-refractivity contribution < 1.29 is 37.6 Å². The maximum Gasteiger partial charge on any atom is 0.472 e. The minimum atomic E-state index is -4.36. The molecule has 0 saturated carbocycles. The van der Waals surface area contributed by atoms with Crippen LogP contribution in [0.4, 0.5) is 0 Å². The summed E-state index contributed by atoms with van der Waals surface area (Å²) >= 11 is 0. The zero-order valence-corrected chi connectivity index (χ0v) is 30.0. The molecule has 0 fully saturated rings. The van der Waals surface area contributed by atoms with Gasteiger partial charge in [0.25, 0.3) is 0 Å². The summed E-state index contributed by atoms with van der Waals surface area (Å²) in [6, 6.07) is 0. The van der Waals surface area contributed by atoms with Gasteiger partial charge in [-0.2, -0.15) is 0 Å². The molecule has 0 aromatic carbocycles. The topological polar surface area (TPSA) is 134 Å². The van der Waals surface area contributed by atoms with E-state index in [0.29, 0.717) is 6.42 Å². The number of ether oxygens (including phenoxy) is 2. The van der Waals surface area contributed by atoms with Crippen molar-refractivity contribution in [1.29, 1.82) is 0 Å². The molecule has 0 aromatic heterocycles. The Morgan fingerprint density at radius 3 is 1.36 bits per heavy atom. The summed E-state index contributed by atoms with van der Waals surface area (Å²) in [6.07, 6.45) is 28.6. The van der Waals surface area contributed by atoms with Crippen molar-refractivity contribution in [2.75, 3.05) is 26.4 Å². The number of hydrogen-bond donors (Lipinski definition) is 2. The molecular formula is C35H70NO8P. The van der Waals surface area contributed by atoms with E-state index in [9.17, 15) is 19.0 Å². The van der Waals surface area contributed by atoms with Crippen LogP contribution >= 0.6 is 7.82 Å². The summed E-state index contributed by atoms with van der Waals surface area (Å²) in [5.41, 5.74) is 5.32. The predicted octanol–water partition coefficient (Wildman–Crippen LogP) is 9.72. The van der Waals surface area contributed by atoms with Gasteiger partial charge in [0.2, 0.25) is 0 Å². The fourth-order valence-corrected chi connectivity index (χ4v) is 5.99. The van der Waals surface area contributed by atoms with E-state index >= 15 is 0 Å². The monoisotopic (exact) mass is 663 g/mol. The third-order valence-electron chi connectivity index (χ3n) is 7.99. The lowest BCUT2D eigenvalue weighted by atomic mass is 10.0. The van der Waals surface area contributed by atoms with Crippen LogP contribution in [0.1, 0.15) is 181 Å². The molecule has 0 aliphatic rings. The van der Waals surface area contributed by atoms with Gasteiger partial charge in [0.05, 0.1) is 13.2 Å². The lowest BCUT2D eigenvalue weighted by Crippen LogP contribution is -2.29. The Bertz CT molecular complexity index is 724. The quantitative estimate of drug-likeness (QED) is 0.0386. The van der Waals surface area contributed by atoms with Crippen molar-refractivity contribution in [3.05, 3.63) is 0 Å². The average Bonchev–Trinajstić information content (AvgIpc) is 3.02. The minimum absolute atomic E-state index is 0.0575. The zero-order valence-electron chi connectivity index (χ0n) is 29.1. The fraction of sp³-hybridized carbons (Fsp3) is 0.943. The molecule has 0 saturated heterocycles. The highest BCUT2D eigenvalue weighted by Crippen LogP contribution is 2.43. The third-order valence-corrected chi connectivity index (χ3v) is 8.98. The molecule has 0 aliphatic heterocycles. The Balaban J connectivity index is 4.15. The van der Waals surface area contributed by atoms with Crippen LogP contribution in [0.15, 0.2) is 0 Å². The van der Waals surface area contributed by atoms with Crippen LogP contribution in [-0.2, 0) is 32.7 Å². The van der Waals surface area contributed by atoms with E-state index in [2.05, 4.69) is 13.8 Å². The van der Waals surface area contributed by atoms with Gasteiger partial charge in [-0.15, -0.1) is 0 Å². The zero-order chi connectivity index (χ0) is 33.3. The number of nitrogens with two attached hydrogens (primary N) is 1. The number of carbonyl (C=O) groups is 2. The molecule has 2 unspecified atom stereocenters. The van der Waals surface area contributed by atoms with Gasteiger partial charge in [0, 0.05) is 19.4 Å². The molecule has 0 rings (SSSR count). The number of hydrogen-bond acceptors (Lipinski definition) is 8. The van der Waals surface area contributed by atoms with Crippen molar-refractivity contribution in [3.8, 4) is 0 Å². The summed E-state index contributed by atoms with van der Waals surface area (Å²) in [6.45, 7) is 3.71. The van der Waals surface area contributed by atoms with Crippen LogP contribution in [0.3, 0.4) is 0 Å². The van der Waals surface area contributed by atoms with E-state index in [-0.39, 0.29) is 38.6 Å². The number of carbonyl (C=O) groups excluding carboxylic acids is 2. The van der Waals surface area contributed by atoms with Gasteiger partial charge < -0.3 is 20.1 Å². The molecule has 0 aromatic rings. The van der Waals surface area contributed by atoms with Crippen LogP contribution in [0.5, 0.6) is 0 Å². The van der Waals surface area contributed by atoms with Gasteiger partial charge in [-0.25, -0.2) is 4.57 Å². The Hall–Kier alpha value is -0.990. The number of esters is 2. The first-order valence-electron chi connectivity index (χ1n) is 18.5. The molecule has 0 radical (unpaired) electrons. The standard InChI is InChI=1S/C35H70NO8P/c1-3-5-7-9-11-13-14-15-16-17-18-19-20-22-24-26-28-35(38)44-33(32-43-45(39,40)42-30-29-36)31-41-34(37)27-25-23-21-12-10-8-6-4-2/h33H,3-32,36H2,1-2H3,(H,39,40). The summed E-state index contributed by atoms with van der Waals surface area (Å²) in [4.78, 5) is 34.5. The molecule has 268 valence electrons. The van der Waals surface area contributed by atoms with Crippen molar-refractivity contribution in [1.82, 2.24) is 0 Å². The second kappa shape index (κ2) is 32.9. The predicted molar refractivity (Wildman–Crippen MR) is 183 cm³/mol. The van der Waals surface area contributed by atoms with Crippen molar-refractivity contribution in [3.63, 3.8) is 0 Å². The third kappa shape index (κ3) is 32.7. The molecule has 3 N–H and O–H groups in total. The number of phosphoric ester groups is 1. The molecule has 0 spiro atoms. The molecule has 10 heteroatoms. The molecule has 0 bridgehead atoms. The molecular weight excluding hydrogens is 593 g/mol. The lowest BCUT2D eigenvalue weighted by molar-refractivity contribution is -0.161. The van der Waals surface area contributed by atoms with Crippen LogP contribution in [0.25, 0.3) is 0 Å². The van der Waals surface area contributed by atoms with E-state index in [1.54, 1.807) is 0 Å². The van der Waals surface area contributed by atoms with Crippen LogP contribution in [0, 0.1) is 0 Å². The SMILES string of the molecule is CCCCCCCCCCCCCCCCCCC(=O)OC(COC(=O)CCCCCCCCCC)COP(=O)(O)OCCN. The van der Waals surface area contributed by atoms with Gasteiger partial charge in [-0.1, -0.05) is 155 Å². The van der Waals surface area contributed by atoms with E-state index in [4.69, 9.17) is 24.3 Å². The first-order valence-corrected chi connectivity index (χ1v) is 20.0. The maximum atomic E-state index is 12.5. The van der Waals surface area contributed by atoms with Crippen molar-refractivity contribution >= 4 is 19.8 Å². The van der Waals surface area contributed by atoms with Gasteiger partial charge in [-0.05, 0) is 12.8 Å². The van der Waals surface area contributed by atoms with E-state index in [1.165, 1.54) is 116 Å². The Morgan fingerprint density at radius 2 is 0.956 bits per heavy atom. The summed E-state index contributed by atoms with van der Waals surface area (Å²) in [5, 5.41) is 0. The van der Waals surface area contributed by atoms with Gasteiger partial charge in [-0.3, -0.25) is 18.6 Å². The Labute approximate surface area is 276 Å². The van der Waals surface area contributed by atoms with Crippen LogP contribution in [-0.4, -0.2) is 49.3 Å². The van der Waals surface area contributed by atoms with Crippen LogP contribution in [0.2, 0.25) is 0 Å². The Kier molecular flexibility index (Phi) is 32.2. The first-order chi connectivity index (χ1) is 21.8. The molecule has 0 amide bonds. The van der Waals surface area contributed by atoms with Crippen molar-refractivity contribution in [2.45, 2.75) is 187 Å². The number of unbranched alkanes of at least 4 members (excludes halogenated alkanes) is 22. The van der Waals surface area contributed by atoms with Gasteiger partial charge >= 0.3 is 19.8 Å². The summed E-state index contributed by atoms with van der Waals surface area (Å²) in [7, 11) is -4.36. The summed E-state index contributed by atoms with van der Waals surface area (Å²) < 4.78 is 32.5. The highest BCUT2D eigenvalue weighted by Gasteiger charge is 2.25. The van der Waals surface area contributed by atoms with Crippen molar-refractivity contribution in [2.24, 2.45) is 5.73 Å². The lowest BCUT2D eigenvalue weighted by Gasteiger charge is -2.19.